The maximum Gasteiger partial charge on any atom is 0.284 e. The summed E-state index contributed by atoms with van der Waals surface area (Å²) in [5, 5.41) is 0.825. The molecule has 2 rings (SSSR count). The number of morpholine rings is 1. The molecule has 1 aliphatic rings. The smallest absolute Gasteiger partial charge is 0.284 e. The van der Waals surface area contributed by atoms with E-state index in [1.165, 1.54) is 4.90 Å². The first kappa shape index (κ1) is 13.8. The molecule has 1 atom stereocenters. The molecule has 0 saturated carbocycles. The van der Waals surface area contributed by atoms with Crippen LogP contribution in [0.25, 0.3) is 0 Å². The third-order valence-corrected chi connectivity index (χ3v) is 5.74. The topological polar surface area (TPSA) is 40.0 Å². The second-order valence-electron chi connectivity index (χ2n) is 4.45. The van der Waals surface area contributed by atoms with Crippen molar-refractivity contribution in [2.75, 3.05) is 39.2 Å². The minimum absolute atomic E-state index is 0.482. The van der Waals surface area contributed by atoms with Crippen LogP contribution in [0, 0.1) is 0 Å². The molecule has 1 aliphatic heterocycles. The van der Waals surface area contributed by atoms with E-state index in [1.54, 1.807) is 0 Å². The average Bonchev–Trinajstić information content (AvgIpc) is 2.41. The van der Waals surface area contributed by atoms with E-state index < -0.39 is 7.37 Å². The van der Waals surface area contributed by atoms with Gasteiger partial charge >= 0.3 is 0 Å². The van der Waals surface area contributed by atoms with E-state index in [4.69, 9.17) is 9.26 Å². The van der Waals surface area contributed by atoms with Crippen molar-refractivity contribution in [3.05, 3.63) is 30.3 Å². The summed E-state index contributed by atoms with van der Waals surface area (Å²) in [6.45, 7) is 5.68. The molecule has 0 amide bonds. The minimum Gasteiger partial charge on any atom is -0.370 e. The Kier molecular flexibility index (Phi) is 4.95. The summed E-state index contributed by atoms with van der Waals surface area (Å²) in [5.74, 6) is 0. The molecule has 5 heteroatoms. The zero-order valence-electron chi connectivity index (χ0n) is 10.8. The molecule has 0 bridgehead atoms. The molecular formula is C13H21NO3P+. The summed E-state index contributed by atoms with van der Waals surface area (Å²) in [6.07, 6.45) is 0.564. The van der Waals surface area contributed by atoms with Crippen LogP contribution in [0.1, 0.15) is 6.92 Å². The first-order chi connectivity index (χ1) is 8.74. The standard InChI is InChI=1S/C13H20NO3P/c1-2-17-18(15,13-6-4-3-5-7-13)12-14-8-10-16-11-9-14/h3-7H,2,8-12H2,1H3/p+1/t18-/m1/s1. The normalized spacial score (nSPS) is 20.5. The van der Waals surface area contributed by atoms with Crippen LogP contribution in [-0.4, -0.2) is 39.2 Å². The van der Waals surface area contributed by atoms with Crippen molar-refractivity contribution >= 4 is 12.7 Å². The molecule has 1 fully saturated rings. The lowest BCUT2D eigenvalue weighted by Crippen LogP contribution is -3.14. The fourth-order valence-electron chi connectivity index (χ4n) is 2.19. The van der Waals surface area contributed by atoms with E-state index in [9.17, 15) is 4.57 Å². The van der Waals surface area contributed by atoms with Gasteiger partial charge in [0.1, 0.15) is 13.1 Å². The van der Waals surface area contributed by atoms with E-state index in [2.05, 4.69) is 0 Å². The van der Waals surface area contributed by atoms with Crippen molar-refractivity contribution in [3.8, 4) is 0 Å². The molecule has 0 aliphatic carbocycles. The van der Waals surface area contributed by atoms with Crippen molar-refractivity contribution in [2.45, 2.75) is 6.92 Å². The molecule has 100 valence electrons. The molecule has 1 aromatic rings. The molecule has 18 heavy (non-hydrogen) atoms. The second kappa shape index (κ2) is 6.48. The number of hydrogen-bond acceptors (Lipinski definition) is 3. The van der Waals surface area contributed by atoms with Crippen LogP contribution in [0.2, 0.25) is 0 Å². The van der Waals surface area contributed by atoms with Crippen LogP contribution in [0.5, 0.6) is 0 Å². The summed E-state index contributed by atoms with van der Waals surface area (Å²) < 4.78 is 23.9. The number of hydrogen-bond donors (Lipinski definition) is 1. The van der Waals surface area contributed by atoms with Gasteiger partial charge in [0.2, 0.25) is 0 Å². The minimum atomic E-state index is -2.73. The predicted octanol–water partition coefficient (Wildman–Crippen LogP) is 0.499. The first-order valence-corrected chi connectivity index (χ1v) is 8.26. The predicted molar refractivity (Wildman–Crippen MR) is 71.7 cm³/mol. The zero-order chi connectivity index (χ0) is 12.8. The van der Waals surface area contributed by atoms with Crippen LogP contribution in [0.3, 0.4) is 0 Å². The summed E-state index contributed by atoms with van der Waals surface area (Å²) in [7, 11) is -2.73. The van der Waals surface area contributed by atoms with Gasteiger partial charge in [-0.15, -0.1) is 0 Å². The molecule has 1 N–H and O–H groups in total. The Bertz CT molecular complexity index is 404. The van der Waals surface area contributed by atoms with E-state index in [1.807, 2.05) is 37.3 Å². The van der Waals surface area contributed by atoms with Gasteiger partial charge in [0, 0.05) is 5.30 Å². The van der Waals surface area contributed by atoms with Gasteiger partial charge in [0.05, 0.1) is 19.8 Å². The Balaban J connectivity index is 2.13. The highest BCUT2D eigenvalue weighted by Gasteiger charge is 2.32. The van der Waals surface area contributed by atoms with Gasteiger partial charge in [-0.3, -0.25) is 4.57 Å². The third kappa shape index (κ3) is 3.42. The van der Waals surface area contributed by atoms with Crippen LogP contribution in [-0.2, 0) is 13.8 Å². The van der Waals surface area contributed by atoms with Gasteiger partial charge in [-0.25, -0.2) is 0 Å². The van der Waals surface area contributed by atoms with Crippen LogP contribution >= 0.6 is 7.37 Å². The first-order valence-electron chi connectivity index (χ1n) is 6.45. The molecule has 0 radical (unpaired) electrons. The van der Waals surface area contributed by atoms with Gasteiger partial charge in [-0.05, 0) is 19.1 Å². The average molecular weight is 270 g/mol. The number of quaternary nitrogens is 1. The van der Waals surface area contributed by atoms with Crippen LogP contribution in [0.4, 0.5) is 0 Å². The maximum absolute atomic E-state index is 13.0. The molecule has 1 aromatic carbocycles. The van der Waals surface area contributed by atoms with Gasteiger partial charge in [0.25, 0.3) is 7.37 Å². The Morgan fingerprint density at radius 3 is 2.56 bits per heavy atom. The highest BCUT2D eigenvalue weighted by molar-refractivity contribution is 7.66. The number of ether oxygens (including phenoxy) is 1. The molecule has 0 unspecified atom stereocenters. The van der Waals surface area contributed by atoms with Crippen molar-refractivity contribution in [1.82, 2.24) is 0 Å². The molecule has 1 saturated heterocycles. The number of benzene rings is 1. The lowest BCUT2D eigenvalue weighted by molar-refractivity contribution is -0.896. The van der Waals surface area contributed by atoms with E-state index >= 15 is 0 Å². The molecule has 0 aromatic heterocycles. The second-order valence-corrected chi connectivity index (χ2v) is 6.88. The molecule has 0 spiro atoms. The van der Waals surface area contributed by atoms with Crippen LogP contribution in [0.15, 0.2) is 30.3 Å². The monoisotopic (exact) mass is 270 g/mol. The Morgan fingerprint density at radius 1 is 1.28 bits per heavy atom. The molecule has 1 heterocycles. The fraction of sp³-hybridized carbons (Fsp3) is 0.538. The summed E-state index contributed by atoms with van der Waals surface area (Å²) in [4.78, 5) is 1.31. The fourth-order valence-corrected chi connectivity index (χ4v) is 4.56. The maximum atomic E-state index is 13.0. The van der Waals surface area contributed by atoms with Crippen LogP contribution < -0.4 is 10.2 Å². The Labute approximate surface area is 108 Å². The quantitative estimate of drug-likeness (QED) is 0.792. The van der Waals surface area contributed by atoms with Gasteiger partial charge in [-0.1, -0.05) is 18.2 Å². The van der Waals surface area contributed by atoms with E-state index in [0.717, 1.165) is 31.6 Å². The van der Waals surface area contributed by atoms with Gasteiger partial charge in [-0.2, -0.15) is 0 Å². The number of nitrogens with one attached hydrogen (secondary N) is 1. The zero-order valence-corrected chi connectivity index (χ0v) is 11.7. The SMILES string of the molecule is CCO[P@](=O)(C[NH+]1CCOCC1)c1ccccc1. The summed E-state index contributed by atoms with van der Waals surface area (Å²) >= 11 is 0. The van der Waals surface area contributed by atoms with E-state index in [0.29, 0.717) is 12.9 Å². The third-order valence-electron chi connectivity index (χ3n) is 3.12. The summed E-state index contributed by atoms with van der Waals surface area (Å²) in [5.41, 5.74) is 0. The van der Waals surface area contributed by atoms with Crippen molar-refractivity contribution in [3.63, 3.8) is 0 Å². The Hall–Kier alpha value is -0.670. The van der Waals surface area contributed by atoms with Crippen molar-refractivity contribution in [1.29, 1.82) is 0 Å². The highest BCUT2D eigenvalue weighted by atomic mass is 31.2. The largest absolute Gasteiger partial charge is 0.370 e. The molecule has 4 nitrogen and oxygen atoms in total. The Morgan fingerprint density at radius 2 is 1.94 bits per heavy atom. The highest BCUT2D eigenvalue weighted by Crippen LogP contribution is 2.43. The molecular weight excluding hydrogens is 249 g/mol. The lowest BCUT2D eigenvalue weighted by atomic mass is 10.4. The van der Waals surface area contributed by atoms with Crippen molar-refractivity contribution in [2.24, 2.45) is 0 Å². The van der Waals surface area contributed by atoms with E-state index in [-0.39, 0.29) is 0 Å². The summed E-state index contributed by atoms with van der Waals surface area (Å²) in [6, 6.07) is 9.55. The lowest BCUT2D eigenvalue weighted by Gasteiger charge is -2.27. The van der Waals surface area contributed by atoms with Gasteiger partial charge < -0.3 is 14.2 Å². The van der Waals surface area contributed by atoms with Crippen molar-refractivity contribution < 1.29 is 18.7 Å². The number of rotatable bonds is 5. The van der Waals surface area contributed by atoms with Gasteiger partial charge in [0.15, 0.2) is 6.29 Å².